The van der Waals surface area contributed by atoms with Gasteiger partial charge in [0.1, 0.15) is 0 Å². The molecule has 9 heteroatoms. The molecule has 1 saturated heterocycles. The highest BCUT2D eigenvalue weighted by atomic mass is 16.5. The van der Waals surface area contributed by atoms with Crippen molar-refractivity contribution in [2.75, 3.05) is 20.3 Å². The van der Waals surface area contributed by atoms with Crippen LogP contribution in [-0.4, -0.2) is 54.8 Å². The van der Waals surface area contributed by atoms with E-state index in [9.17, 15) is 24.0 Å². The SMILES string of the molecule is COC(=O)c1ccc(CNC(=O)COC(=O)CCN2C(=O)[C@@H]3CC=CC[C@H]3C2=O)cc1. The second kappa shape index (κ2) is 10.0. The maximum atomic E-state index is 12.4. The van der Waals surface area contributed by atoms with Crippen LogP contribution in [0.15, 0.2) is 36.4 Å². The molecule has 0 radical (unpaired) electrons. The van der Waals surface area contributed by atoms with Crippen LogP contribution in [0.1, 0.15) is 35.2 Å². The lowest BCUT2D eigenvalue weighted by Gasteiger charge is -2.14. The van der Waals surface area contributed by atoms with Crippen LogP contribution in [0.25, 0.3) is 0 Å². The number of methoxy groups -OCH3 is 1. The zero-order chi connectivity index (χ0) is 22.4. The van der Waals surface area contributed by atoms with Crippen molar-refractivity contribution in [3.8, 4) is 0 Å². The van der Waals surface area contributed by atoms with Crippen molar-refractivity contribution in [1.82, 2.24) is 10.2 Å². The van der Waals surface area contributed by atoms with Gasteiger partial charge in [-0.05, 0) is 30.5 Å². The minimum Gasteiger partial charge on any atom is -0.465 e. The Hall–Kier alpha value is -3.49. The molecule has 1 aromatic carbocycles. The monoisotopic (exact) mass is 428 g/mol. The number of hydrogen-bond donors (Lipinski definition) is 1. The summed E-state index contributed by atoms with van der Waals surface area (Å²) >= 11 is 0. The highest BCUT2D eigenvalue weighted by Crippen LogP contribution is 2.34. The van der Waals surface area contributed by atoms with E-state index in [0.29, 0.717) is 18.4 Å². The van der Waals surface area contributed by atoms with Crippen LogP contribution in [0, 0.1) is 11.8 Å². The molecule has 31 heavy (non-hydrogen) atoms. The molecule has 2 atom stereocenters. The fourth-order valence-electron chi connectivity index (χ4n) is 3.64. The fraction of sp³-hybridized carbons (Fsp3) is 0.409. The molecule has 1 aromatic rings. The third-order valence-corrected chi connectivity index (χ3v) is 5.37. The van der Waals surface area contributed by atoms with Crippen molar-refractivity contribution >= 4 is 29.7 Å². The van der Waals surface area contributed by atoms with E-state index in [-0.39, 0.29) is 43.2 Å². The smallest absolute Gasteiger partial charge is 0.337 e. The number of carbonyl (C=O) groups is 5. The van der Waals surface area contributed by atoms with Gasteiger partial charge in [0.15, 0.2) is 6.61 Å². The number of esters is 2. The normalized spacial score (nSPS) is 19.7. The van der Waals surface area contributed by atoms with Gasteiger partial charge in [0.2, 0.25) is 11.8 Å². The minimum atomic E-state index is -0.661. The number of carbonyl (C=O) groups excluding carboxylic acids is 5. The van der Waals surface area contributed by atoms with Crippen molar-refractivity contribution in [3.63, 3.8) is 0 Å². The number of nitrogens with one attached hydrogen (secondary N) is 1. The first-order chi connectivity index (χ1) is 14.9. The Bertz CT molecular complexity index is 881. The molecule has 0 unspecified atom stereocenters. The third-order valence-electron chi connectivity index (χ3n) is 5.37. The van der Waals surface area contributed by atoms with Gasteiger partial charge in [0, 0.05) is 13.1 Å². The summed E-state index contributed by atoms with van der Waals surface area (Å²) in [5, 5.41) is 2.60. The van der Waals surface area contributed by atoms with Crippen molar-refractivity contribution in [2.24, 2.45) is 11.8 Å². The van der Waals surface area contributed by atoms with Gasteiger partial charge < -0.3 is 14.8 Å². The zero-order valence-electron chi connectivity index (χ0n) is 17.2. The number of likely N-dealkylation sites (tertiary alicyclic amines) is 1. The van der Waals surface area contributed by atoms with Crippen molar-refractivity contribution in [1.29, 1.82) is 0 Å². The topological polar surface area (TPSA) is 119 Å². The number of fused-ring (bicyclic) bond motifs is 1. The van der Waals surface area contributed by atoms with Crippen LogP contribution >= 0.6 is 0 Å². The molecular formula is C22H24N2O7. The fourth-order valence-corrected chi connectivity index (χ4v) is 3.64. The van der Waals surface area contributed by atoms with Crippen molar-refractivity contribution in [2.45, 2.75) is 25.8 Å². The molecule has 1 N–H and O–H groups in total. The molecule has 0 bridgehead atoms. The Morgan fingerprint density at radius 3 is 2.23 bits per heavy atom. The predicted molar refractivity (Wildman–Crippen MR) is 107 cm³/mol. The lowest BCUT2D eigenvalue weighted by atomic mass is 9.85. The summed E-state index contributed by atoms with van der Waals surface area (Å²) < 4.78 is 9.55. The average molecular weight is 428 g/mol. The van der Waals surface area contributed by atoms with Gasteiger partial charge in [-0.15, -0.1) is 0 Å². The Morgan fingerprint density at radius 1 is 1.03 bits per heavy atom. The van der Waals surface area contributed by atoms with Crippen molar-refractivity contribution < 1.29 is 33.4 Å². The predicted octanol–water partition coefficient (Wildman–Crippen LogP) is 0.974. The molecule has 0 aromatic heterocycles. The van der Waals surface area contributed by atoms with E-state index in [4.69, 9.17) is 4.74 Å². The molecule has 9 nitrogen and oxygen atoms in total. The number of amides is 3. The summed E-state index contributed by atoms with van der Waals surface area (Å²) in [5.41, 5.74) is 1.16. The van der Waals surface area contributed by atoms with Gasteiger partial charge in [0.25, 0.3) is 5.91 Å². The molecular weight excluding hydrogens is 404 g/mol. The van der Waals surface area contributed by atoms with E-state index < -0.39 is 24.5 Å². The Morgan fingerprint density at radius 2 is 1.65 bits per heavy atom. The standard InChI is InChI=1S/C22H24N2O7/c1-30-22(29)15-8-6-14(7-9-15)12-23-18(25)13-31-19(26)10-11-24-20(27)16-4-2-3-5-17(16)21(24)28/h2-3,6-9,16-17H,4-5,10-13H2,1H3,(H,23,25)/t16-,17-/m1/s1. The van der Waals surface area contributed by atoms with Gasteiger partial charge in [-0.3, -0.25) is 24.1 Å². The van der Waals surface area contributed by atoms with E-state index in [1.54, 1.807) is 24.3 Å². The lowest BCUT2D eigenvalue weighted by molar-refractivity contribution is -0.150. The largest absolute Gasteiger partial charge is 0.465 e. The maximum absolute atomic E-state index is 12.4. The summed E-state index contributed by atoms with van der Waals surface area (Å²) in [5.74, 6) is -2.76. The first-order valence-corrected chi connectivity index (χ1v) is 10.0. The second-order valence-electron chi connectivity index (χ2n) is 7.36. The van der Waals surface area contributed by atoms with Crippen LogP contribution in [0.4, 0.5) is 0 Å². The van der Waals surface area contributed by atoms with Gasteiger partial charge in [0.05, 0.1) is 30.9 Å². The summed E-state index contributed by atoms with van der Waals surface area (Å²) in [6.07, 6.45) is 4.72. The van der Waals surface area contributed by atoms with Gasteiger partial charge in [-0.1, -0.05) is 24.3 Å². The number of hydrogen-bond acceptors (Lipinski definition) is 7. The minimum absolute atomic E-state index is 0.0440. The molecule has 1 aliphatic carbocycles. The van der Waals surface area contributed by atoms with E-state index in [0.717, 1.165) is 10.5 Å². The van der Waals surface area contributed by atoms with Gasteiger partial charge >= 0.3 is 11.9 Å². The van der Waals surface area contributed by atoms with E-state index in [1.165, 1.54) is 7.11 Å². The molecule has 164 valence electrons. The Labute approximate surface area is 179 Å². The number of ether oxygens (including phenoxy) is 2. The molecule has 1 heterocycles. The van der Waals surface area contributed by atoms with Crippen LogP contribution in [0.5, 0.6) is 0 Å². The first kappa shape index (κ1) is 22.2. The van der Waals surface area contributed by atoms with E-state index >= 15 is 0 Å². The van der Waals surface area contributed by atoms with Crippen LogP contribution in [0.3, 0.4) is 0 Å². The van der Waals surface area contributed by atoms with Crippen molar-refractivity contribution in [3.05, 3.63) is 47.5 Å². The average Bonchev–Trinajstić information content (AvgIpc) is 3.04. The van der Waals surface area contributed by atoms with Crippen LogP contribution in [-0.2, 0) is 35.2 Å². The Balaban J connectivity index is 1.37. The third kappa shape index (κ3) is 5.36. The molecule has 1 aliphatic heterocycles. The van der Waals surface area contributed by atoms with Crippen LogP contribution < -0.4 is 5.32 Å². The molecule has 3 rings (SSSR count). The lowest BCUT2D eigenvalue weighted by Crippen LogP contribution is -2.34. The van der Waals surface area contributed by atoms with E-state index in [2.05, 4.69) is 10.1 Å². The molecule has 3 amide bonds. The maximum Gasteiger partial charge on any atom is 0.337 e. The highest BCUT2D eigenvalue weighted by molar-refractivity contribution is 6.05. The summed E-state index contributed by atoms with van der Waals surface area (Å²) in [6.45, 7) is -0.306. The molecule has 0 spiro atoms. The Kier molecular flexibility index (Phi) is 7.17. The molecule has 1 fully saturated rings. The van der Waals surface area contributed by atoms with Gasteiger partial charge in [-0.2, -0.15) is 0 Å². The first-order valence-electron chi connectivity index (χ1n) is 10.0. The quantitative estimate of drug-likeness (QED) is 0.372. The number of nitrogens with zero attached hydrogens (tertiary/aromatic N) is 1. The number of benzene rings is 1. The molecule has 2 aliphatic rings. The van der Waals surface area contributed by atoms with Gasteiger partial charge in [-0.25, -0.2) is 4.79 Å². The highest BCUT2D eigenvalue weighted by Gasteiger charge is 2.46. The molecule has 0 saturated carbocycles. The summed E-state index contributed by atoms with van der Waals surface area (Å²) in [4.78, 5) is 61.0. The summed E-state index contributed by atoms with van der Waals surface area (Å²) in [6, 6.07) is 6.52. The summed E-state index contributed by atoms with van der Waals surface area (Å²) in [7, 11) is 1.29. The van der Waals surface area contributed by atoms with Crippen LogP contribution in [0.2, 0.25) is 0 Å². The number of imide groups is 1. The van der Waals surface area contributed by atoms with E-state index in [1.807, 2.05) is 12.2 Å². The zero-order valence-corrected chi connectivity index (χ0v) is 17.2. The number of rotatable bonds is 8. The second-order valence-corrected chi connectivity index (χ2v) is 7.36. The number of allylic oxidation sites excluding steroid dienone is 2.